The highest BCUT2D eigenvalue weighted by molar-refractivity contribution is 5.72. The van der Waals surface area contributed by atoms with Gasteiger partial charge in [0.2, 0.25) is 11.6 Å². The number of alkyl halides is 18. The Morgan fingerprint density at radius 3 is 0.721 bits per heavy atom. The van der Waals surface area contributed by atoms with Gasteiger partial charge in [-0.1, -0.05) is 234 Å². The average Bonchev–Trinajstić information content (AvgIpc) is 0.783. The molecule has 0 aromatic heterocycles. The van der Waals surface area contributed by atoms with Gasteiger partial charge in [-0.05, 0) is 209 Å². The maximum absolute atomic E-state index is 13.8. The molecule has 0 aliphatic rings. The Kier molecular flexibility index (Phi) is 38.6. The maximum Gasteiger partial charge on any atom is 0.425 e. The Morgan fingerprint density at radius 1 is 0.271 bits per heavy atom. The minimum atomic E-state index is -4.85. The van der Waals surface area contributed by atoms with Gasteiger partial charge in [-0.3, -0.25) is 0 Å². The van der Waals surface area contributed by atoms with E-state index in [0.717, 1.165) is 92.5 Å². The topological polar surface area (TPSA) is 47.6 Å². The van der Waals surface area contributed by atoms with E-state index in [2.05, 4.69) is 26.0 Å². The van der Waals surface area contributed by atoms with E-state index < -0.39 is 140 Å². The van der Waals surface area contributed by atoms with Gasteiger partial charge in [-0.2, -0.15) is 89.6 Å². The van der Waals surface area contributed by atoms with Crippen molar-refractivity contribution in [2.24, 2.45) is 11.8 Å². The molecule has 0 unspecified atom stereocenters. The Hall–Kier alpha value is -11.3. The average molecular weight is 1840 g/mol. The number of hydrogen-bond donors (Lipinski definition) is 0. The molecule has 0 aliphatic heterocycles. The molecule has 0 atom stereocenters. The van der Waals surface area contributed by atoms with E-state index in [9.17, 15) is 123 Å². The molecule has 30 heteroatoms. The van der Waals surface area contributed by atoms with Crippen LogP contribution in [-0.2, 0) is 30.9 Å². The summed E-state index contributed by atoms with van der Waals surface area (Å²) in [6.45, 7) is 37.2. The number of rotatable bonds is 12. The van der Waals surface area contributed by atoms with Crippen molar-refractivity contribution in [3.63, 3.8) is 0 Å². The quantitative estimate of drug-likeness (QED) is 0.0530. The number of nitrogens with zero attached hydrogens (tertiary/aromatic N) is 2. The Morgan fingerprint density at radius 2 is 0.512 bits per heavy atom. The summed E-state index contributed by atoms with van der Waals surface area (Å²) >= 11 is 0. The van der Waals surface area contributed by atoms with Gasteiger partial charge >= 0.3 is 37.1 Å². The van der Waals surface area contributed by atoms with Gasteiger partial charge in [0.05, 0.1) is 45.0 Å². The predicted molar refractivity (Wildman–Crippen MR) is 447 cm³/mol. The Balaban J connectivity index is 0.000000322. The smallest absolute Gasteiger partial charge is 0.203 e. The zero-order valence-corrected chi connectivity index (χ0v) is 73.6. The van der Waals surface area contributed by atoms with Crippen molar-refractivity contribution in [3.05, 3.63) is 317 Å². The van der Waals surface area contributed by atoms with Crippen LogP contribution in [0.1, 0.15) is 216 Å². The summed E-state index contributed by atoms with van der Waals surface area (Å²) in [5, 5.41) is 16.1. The third-order valence-corrected chi connectivity index (χ3v) is 19.0. The molecule has 696 valence electrons. The molecule has 129 heavy (non-hydrogen) atoms. The molecule has 0 bridgehead atoms. The van der Waals surface area contributed by atoms with E-state index in [1.165, 1.54) is 42.0 Å². The summed E-state index contributed by atoms with van der Waals surface area (Å²) in [4.78, 5) is 0. The minimum Gasteiger partial charge on any atom is -0.203 e. The van der Waals surface area contributed by atoms with Crippen molar-refractivity contribution in [3.8, 4) is 67.8 Å². The first-order valence-electron chi connectivity index (χ1n) is 39.7. The third kappa shape index (κ3) is 31.8. The second-order valence-corrected chi connectivity index (χ2v) is 32.6. The molecule has 0 amide bonds. The van der Waals surface area contributed by atoms with Crippen LogP contribution in [0, 0.1) is 134 Å². The van der Waals surface area contributed by atoms with Gasteiger partial charge in [0.25, 0.3) is 0 Å². The van der Waals surface area contributed by atoms with E-state index in [4.69, 9.17) is 10.5 Å². The number of hydrogen-bond acceptors (Lipinski definition) is 2. The lowest BCUT2D eigenvalue weighted by molar-refractivity contribution is -0.144. The zero-order chi connectivity index (χ0) is 98.9. The largest absolute Gasteiger partial charge is 0.425 e. The summed E-state index contributed by atoms with van der Waals surface area (Å²) in [5.74, 6) is -18.3. The fraction of sp³-hybridized carbons (Fsp3) is 0.333. The zero-order valence-electron chi connectivity index (χ0n) is 73.6. The molecule has 0 saturated heterocycles. The van der Waals surface area contributed by atoms with Crippen LogP contribution < -0.4 is 0 Å². The van der Waals surface area contributed by atoms with Gasteiger partial charge in [-0.25, -0.2) is 43.9 Å². The van der Waals surface area contributed by atoms with Gasteiger partial charge in [0.15, 0.2) is 46.5 Å². The van der Waals surface area contributed by atoms with Gasteiger partial charge < -0.3 is 0 Å². The minimum absolute atomic E-state index is 0.0218. The fourth-order valence-corrected chi connectivity index (χ4v) is 12.4. The second kappa shape index (κ2) is 45.3. The predicted octanol–water partition coefficient (Wildman–Crippen LogP) is 35.1. The van der Waals surface area contributed by atoms with Gasteiger partial charge in [-0.15, -0.1) is 0 Å². The molecule has 10 rings (SSSR count). The first-order valence-corrected chi connectivity index (χ1v) is 39.7. The van der Waals surface area contributed by atoms with E-state index in [-0.39, 0.29) is 64.0 Å². The summed E-state index contributed by atoms with van der Waals surface area (Å²) < 4.78 is 364. The molecule has 10 aromatic carbocycles. The van der Waals surface area contributed by atoms with Crippen molar-refractivity contribution < 1.29 is 123 Å². The highest BCUT2D eigenvalue weighted by Crippen LogP contribution is 2.44. The molecule has 0 N–H and O–H groups in total. The number of allylic oxidation sites excluding steroid dienone is 4. The van der Waals surface area contributed by atoms with Crippen molar-refractivity contribution in [2.75, 3.05) is 0 Å². The lowest BCUT2D eigenvalue weighted by atomic mass is 9.92. The molecule has 0 saturated carbocycles. The molecule has 0 aliphatic carbocycles. The molecular formula is C99H94F28N2. The van der Waals surface area contributed by atoms with E-state index in [1.807, 2.05) is 107 Å². The second-order valence-electron chi connectivity index (χ2n) is 32.6. The van der Waals surface area contributed by atoms with Crippen molar-refractivity contribution in [1.82, 2.24) is 0 Å². The van der Waals surface area contributed by atoms with Crippen LogP contribution in [0.5, 0.6) is 0 Å². The summed E-state index contributed by atoms with van der Waals surface area (Å²) in [7, 11) is 0. The number of aryl methyl sites for hydroxylation is 6. The number of benzene rings is 10. The number of nitriles is 2. The van der Waals surface area contributed by atoms with Crippen molar-refractivity contribution >= 4 is 0 Å². The lowest BCUT2D eigenvalue weighted by Gasteiger charge is -2.16. The van der Waals surface area contributed by atoms with E-state index >= 15 is 0 Å². The van der Waals surface area contributed by atoms with Crippen LogP contribution in [0.4, 0.5) is 123 Å². The van der Waals surface area contributed by atoms with Crippen molar-refractivity contribution in [2.45, 2.75) is 205 Å². The van der Waals surface area contributed by atoms with Gasteiger partial charge in [0.1, 0.15) is 11.6 Å². The molecule has 0 fully saturated rings. The van der Waals surface area contributed by atoms with Crippen LogP contribution in [0.3, 0.4) is 0 Å². The van der Waals surface area contributed by atoms with Crippen LogP contribution in [-0.4, -0.2) is 6.18 Å². The first-order chi connectivity index (χ1) is 59.0. The van der Waals surface area contributed by atoms with Crippen LogP contribution in [0.2, 0.25) is 0 Å². The van der Waals surface area contributed by atoms with E-state index in [1.54, 1.807) is 90.9 Å². The van der Waals surface area contributed by atoms with Crippen molar-refractivity contribution in [1.29, 1.82) is 10.5 Å². The van der Waals surface area contributed by atoms with Gasteiger partial charge in [0, 0.05) is 6.08 Å². The first kappa shape index (κ1) is 110. The Labute approximate surface area is 731 Å². The standard InChI is InChI=1S/2C18H16F6.C18H19F3.2C16H13F5.C7H8F3N.C6H9N/c2*1-10(2)12-4-11(3)5-13(6-12)14-7-15(17(19,20)21)9-16(8-14)18(22,23)24;1-11(2)14-7-12(3)8-15(10-14)17-6-5-16(9-13(17)4)18(19,20)21;2*1-7(2)9-4-8(3)5-10(6-9)11-12(17)14(19)16(21)15(20)13(11)18;1-5(2)3-6(4-11)7(8,9)10;1-6(2)4-3-5-7/h2*4-10H,1-3H3;5-11H,1-4H3;2*4-7H,1-3H3;3,5H,1-2H3;3-4,6H,1-2H3/b;;;;;6-3+;4-3+. The third-order valence-electron chi connectivity index (χ3n) is 19.0. The summed E-state index contributed by atoms with van der Waals surface area (Å²) in [5.41, 5.74) is 2.68. The normalized spacial score (nSPS) is 12.1. The highest BCUT2D eigenvalue weighted by atomic mass is 19.4. The lowest BCUT2D eigenvalue weighted by Crippen LogP contribution is -2.11. The molecule has 0 spiro atoms. The Bertz CT molecular complexity index is 5310. The fourth-order valence-electron chi connectivity index (χ4n) is 12.4. The van der Waals surface area contributed by atoms with Crippen LogP contribution in [0.15, 0.2) is 169 Å². The molecule has 2 nitrogen and oxygen atoms in total. The molecular weight excluding hydrogens is 1750 g/mol. The maximum atomic E-state index is 13.8. The summed E-state index contributed by atoms with van der Waals surface area (Å²) in [6.07, 6.45) is -23.9. The molecule has 0 radical (unpaired) electrons. The van der Waals surface area contributed by atoms with Crippen LogP contribution in [0.25, 0.3) is 55.6 Å². The SMILES string of the molecule is CC(C)/C=C(\C#N)C(F)(F)F.CC(C)/C=C/C#N.Cc1cc(-c2c(F)c(F)c(F)c(F)c2F)cc(C(C)C)c1.Cc1cc(-c2c(F)c(F)c(F)c(F)c2F)cc(C(C)C)c1.Cc1cc(-c2cc(C(F)(F)F)cc(C(F)(F)F)c2)cc(C(C)C)c1.Cc1cc(-c2cc(C(F)(F)F)cc(C(F)(F)F)c2)cc(C(C)C)c1.Cc1cc(-c2ccc(C(F)(F)F)cc2C)cc(C(C)C)c1. The summed E-state index contributed by atoms with van der Waals surface area (Å²) in [6, 6.07) is 35.9. The highest BCUT2D eigenvalue weighted by Gasteiger charge is 2.40. The molecule has 0 heterocycles. The van der Waals surface area contributed by atoms with E-state index in [0.29, 0.717) is 39.7 Å². The molecule has 10 aromatic rings. The van der Waals surface area contributed by atoms with Crippen LogP contribution >= 0.6 is 0 Å². The monoisotopic (exact) mass is 1840 g/mol. The number of halogens is 28.